The van der Waals surface area contributed by atoms with E-state index < -0.39 is 10.1 Å². The zero-order valence-electron chi connectivity index (χ0n) is 7.43. The molecular weight excluding hydrogens is 240 g/mol. The van der Waals surface area contributed by atoms with Crippen molar-refractivity contribution in [3.63, 3.8) is 0 Å². The summed E-state index contributed by atoms with van der Waals surface area (Å²) in [5.74, 6) is 0. The van der Waals surface area contributed by atoms with Crippen molar-refractivity contribution in [2.75, 3.05) is 0 Å². The van der Waals surface area contributed by atoms with Gasteiger partial charge in [-0.3, -0.25) is 4.55 Å². The molecule has 0 heterocycles. The molecule has 1 aromatic carbocycles. The maximum atomic E-state index is 11.0. The number of hydrogen-bond donors (Lipinski definition) is 3. The smallest absolute Gasteiger partial charge is 0.282 e. The highest BCUT2D eigenvalue weighted by molar-refractivity contribution is 7.86. The van der Waals surface area contributed by atoms with Crippen molar-refractivity contribution in [1.82, 2.24) is 0 Å². The molecule has 0 saturated heterocycles. The summed E-state index contributed by atoms with van der Waals surface area (Å²) in [5, 5.41) is 0. The van der Waals surface area contributed by atoms with E-state index in [-0.39, 0.29) is 4.90 Å². The number of benzene rings is 1. The van der Waals surface area contributed by atoms with Gasteiger partial charge in [-0.2, -0.15) is 8.42 Å². The standard InChI is InChI=1S/C8H10O3S3/c1-2-5-7(14(9,10)11)4-3-6(12)8(5)13/h3-4,12-13H,2H2,1H3,(H,9,10,11). The van der Waals surface area contributed by atoms with Gasteiger partial charge < -0.3 is 0 Å². The molecule has 0 amide bonds. The van der Waals surface area contributed by atoms with Crippen LogP contribution in [0.5, 0.6) is 0 Å². The molecule has 0 saturated carbocycles. The van der Waals surface area contributed by atoms with Crippen molar-refractivity contribution in [2.45, 2.75) is 28.0 Å². The molecule has 6 heteroatoms. The quantitative estimate of drug-likeness (QED) is 0.556. The Kier molecular flexibility index (Phi) is 3.52. The largest absolute Gasteiger partial charge is 0.294 e. The predicted molar refractivity (Wildman–Crippen MR) is 60.1 cm³/mol. The van der Waals surface area contributed by atoms with Gasteiger partial charge >= 0.3 is 0 Å². The number of rotatable bonds is 2. The Labute approximate surface area is 94.1 Å². The van der Waals surface area contributed by atoms with Crippen molar-refractivity contribution in [1.29, 1.82) is 0 Å². The van der Waals surface area contributed by atoms with E-state index in [1.807, 2.05) is 0 Å². The van der Waals surface area contributed by atoms with E-state index in [4.69, 9.17) is 4.55 Å². The van der Waals surface area contributed by atoms with Gasteiger partial charge in [-0.05, 0) is 24.1 Å². The molecule has 14 heavy (non-hydrogen) atoms. The van der Waals surface area contributed by atoms with Crippen LogP contribution in [0.15, 0.2) is 26.8 Å². The van der Waals surface area contributed by atoms with E-state index in [2.05, 4.69) is 25.3 Å². The molecule has 3 nitrogen and oxygen atoms in total. The zero-order valence-corrected chi connectivity index (χ0v) is 10.0. The van der Waals surface area contributed by atoms with Gasteiger partial charge in [-0.15, -0.1) is 25.3 Å². The maximum Gasteiger partial charge on any atom is 0.294 e. The molecule has 0 radical (unpaired) electrons. The Balaban J connectivity index is 3.55. The van der Waals surface area contributed by atoms with Gasteiger partial charge in [-0.25, -0.2) is 0 Å². The molecule has 1 aromatic rings. The third-order valence-electron chi connectivity index (χ3n) is 1.85. The van der Waals surface area contributed by atoms with Gasteiger partial charge in [0.1, 0.15) is 0 Å². The van der Waals surface area contributed by atoms with Gasteiger partial charge in [0.25, 0.3) is 10.1 Å². The first-order valence-electron chi connectivity index (χ1n) is 3.89. The SMILES string of the molecule is CCc1c(S(=O)(=O)O)ccc(S)c1S. The van der Waals surface area contributed by atoms with Crippen molar-refractivity contribution in [3.05, 3.63) is 17.7 Å². The van der Waals surface area contributed by atoms with Gasteiger partial charge in [0.15, 0.2) is 0 Å². The van der Waals surface area contributed by atoms with Crippen LogP contribution in [0.2, 0.25) is 0 Å². The van der Waals surface area contributed by atoms with Crippen molar-refractivity contribution in [2.24, 2.45) is 0 Å². The van der Waals surface area contributed by atoms with E-state index >= 15 is 0 Å². The molecule has 0 atom stereocenters. The zero-order chi connectivity index (χ0) is 10.9. The van der Waals surface area contributed by atoms with Crippen molar-refractivity contribution < 1.29 is 13.0 Å². The third-order valence-corrected chi connectivity index (χ3v) is 3.85. The minimum absolute atomic E-state index is 0.0946. The van der Waals surface area contributed by atoms with Crippen molar-refractivity contribution in [3.8, 4) is 0 Å². The Morgan fingerprint density at radius 3 is 2.36 bits per heavy atom. The Morgan fingerprint density at radius 2 is 1.93 bits per heavy atom. The summed E-state index contributed by atoms with van der Waals surface area (Å²) in [5.41, 5.74) is 0.489. The summed E-state index contributed by atoms with van der Waals surface area (Å²) in [4.78, 5) is 0.992. The highest BCUT2D eigenvalue weighted by Crippen LogP contribution is 2.28. The van der Waals surface area contributed by atoms with Crippen LogP contribution in [-0.4, -0.2) is 13.0 Å². The molecule has 0 aliphatic carbocycles. The first-order chi connectivity index (χ1) is 6.38. The monoisotopic (exact) mass is 250 g/mol. The first kappa shape index (κ1) is 11.9. The summed E-state index contributed by atoms with van der Waals surface area (Å²) in [7, 11) is -4.17. The lowest BCUT2D eigenvalue weighted by Crippen LogP contribution is -2.03. The van der Waals surface area contributed by atoms with E-state index in [1.54, 1.807) is 6.92 Å². The van der Waals surface area contributed by atoms with Gasteiger partial charge in [0.2, 0.25) is 0 Å². The molecule has 78 valence electrons. The Hall–Kier alpha value is -0.170. The third kappa shape index (κ3) is 2.25. The van der Waals surface area contributed by atoms with Crippen LogP contribution in [0.1, 0.15) is 12.5 Å². The molecule has 0 aromatic heterocycles. The fourth-order valence-corrected chi connectivity index (χ4v) is 2.62. The second-order valence-corrected chi connectivity index (χ2v) is 5.06. The highest BCUT2D eigenvalue weighted by atomic mass is 32.2. The summed E-state index contributed by atoms with van der Waals surface area (Å²) >= 11 is 8.25. The Bertz CT molecular complexity index is 451. The lowest BCUT2D eigenvalue weighted by atomic mass is 10.2. The van der Waals surface area contributed by atoms with Crippen LogP contribution in [0.3, 0.4) is 0 Å². The van der Waals surface area contributed by atoms with E-state index in [9.17, 15) is 8.42 Å². The molecule has 0 unspecified atom stereocenters. The molecule has 0 aliphatic heterocycles. The van der Waals surface area contributed by atoms with Crippen LogP contribution < -0.4 is 0 Å². The molecule has 0 aliphatic rings. The van der Waals surface area contributed by atoms with Crippen LogP contribution in [0, 0.1) is 0 Å². The van der Waals surface area contributed by atoms with E-state index in [0.29, 0.717) is 21.8 Å². The van der Waals surface area contributed by atoms with Gasteiger partial charge in [0, 0.05) is 9.79 Å². The fourth-order valence-electron chi connectivity index (χ4n) is 1.19. The first-order valence-corrected chi connectivity index (χ1v) is 6.22. The lowest BCUT2D eigenvalue weighted by Gasteiger charge is -2.09. The fraction of sp³-hybridized carbons (Fsp3) is 0.250. The van der Waals surface area contributed by atoms with E-state index in [1.165, 1.54) is 12.1 Å². The van der Waals surface area contributed by atoms with Gasteiger partial charge in [0.05, 0.1) is 4.90 Å². The minimum Gasteiger partial charge on any atom is -0.282 e. The van der Waals surface area contributed by atoms with Crippen LogP contribution >= 0.6 is 25.3 Å². The average molecular weight is 250 g/mol. The van der Waals surface area contributed by atoms with Gasteiger partial charge in [-0.1, -0.05) is 6.92 Å². The summed E-state index contributed by atoms with van der Waals surface area (Å²) < 4.78 is 30.9. The average Bonchev–Trinajstić information content (AvgIpc) is 2.07. The van der Waals surface area contributed by atoms with E-state index in [0.717, 1.165) is 0 Å². The molecule has 1 N–H and O–H groups in total. The number of hydrogen-bond acceptors (Lipinski definition) is 4. The normalized spacial score (nSPS) is 11.7. The molecule has 0 spiro atoms. The lowest BCUT2D eigenvalue weighted by molar-refractivity contribution is 0.481. The van der Waals surface area contributed by atoms with Crippen molar-refractivity contribution >= 4 is 35.4 Å². The topological polar surface area (TPSA) is 54.4 Å². The Morgan fingerprint density at radius 1 is 1.36 bits per heavy atom. The summed E-state index contributed by atoms with van der Waals surface area (Å²) in [6, 6.07) is 2.82. The predicted octanol–water partition coefficient (Wildman–Crippen LogP) is 2.07. The molecule has 0 fully saturated rings. The van der Waals surface area contributed by atoms with Crippen LogP contribution in [0.4, 0.5) is 0 Å². The summed E-state index contributed by atoms with van der Waals surface area (Å²) in [6.07, 6.45) is 0.475. The summed E-state index contributed by atoms with van der Waals surface area (Å²) in [6.45, 7) is 1.79. The maximum absolute atomic E-state index is 11.0. The second kappa shape index (κ2) is 4.14. The second-order valence-electron chi connectivity index (χ2n) is 2.74. The molecule has 1 rings (SSSR count). The number of thiol groups is 2. The molecular formula is C8H10O3S3. The minimum atomic E-state index is -4.17. The highest BCUT2D eigenvalue weighted by Gasteiger charge is 2.17. The van der Waals surface area contributed by atoms with Crippen LogP contribution in [0.25, 0.3) is 0 Å². The van der Waals surface area contributed by atoms with Crippen LogP contribution in [-0.2, 0) is 16.5 Å². The molecule has 0 bridgehead atoms.